The number of halogens is 3. The molecule has 1 fully saturated rings. The fraction of sp³-hybridized carbons (Fsp3) is 0.450. The van der Waals surface area contributed by atoms with E-state index in [0.29, 0.717) is 43.9 Å². The van der Waals surface area contributed by atoms with E-state index in [4.69, 9.17) is 0 Å². The Morgan fingerprint density at radius 1 is 1.24 bits per heavy atom. The predicted molar refractivity (Wildman–Crippen MR) is 99.8 cm³/mol. The van der Waals surface area contributed by atoms with Crippen LogP contribution in [0.5, 0.6) is 0 Å². The number of carbonyl (C=O) groups excluding carboxylic acids is 1. The van der Waals surface area contributed by atoms with Crippen LogP contribution in [0.1, 0.15) is 28.8 Å². The van der Waals surface area contributed by atoms with Crippen LogP contribution in [0, 0.1) is 0 Å². The minimum absolute atomic E-state index is 0.126. The first-order valence-corrected chi connectivity index (χ1v) is 9.61. The van der Waals surface area contributed by atoms with Gasteiger partial charge in [-0.1, -0.05) is 6.07 Å². The van der Waals surface area contributed by atoms with E-state index in [9.17, 15) is 18.0 Å². The van der Waals surface area contributed by atoms with Gasteiger partial charge in [0.2, 0.25) is 0 Å². The van der Waals surface area contributed by atoms with Crippen molar-refractivity contribution in [1.82, 2.24) is 25.1 Å². The molecule has 9 heteroatoms. The Bertz CT molecular complexity index is 874. The van der Waals surface area contributed by atoms with Gasteiger partial charge in [0.1, 0.15) is 0 Å². The molecule has 4 heterocycles. The van der Waals surface area contributed by atoms with Crippen LogP contribution in [0.3, 0.4) is 0 Å². The first kappa shape index (κ1) is 19.6. The third-order valence-electron chi connectivity index (χ3n) is 5.41. The third-order valence-corrected chi connectivity index (χ3v) is 5.41. The maximum Gasteiger partial charge on any atom is 0.417 e. The molecule has 1 atom stereocenters. The van der Waals surface area contributed by atoms with E-state index >= 15 is 0 Å². The summed E-state index contributed by atoms with van der Waals surface area (Å²) in [5, 5.41) is 3.44. The minimum atomic E-state index is -4.43. The van der Waals surface area contributed by atoms with Crippen LogP contribution in [0.25, 0.3) is 0 Å². The van der Waals surface area contributed by atoms with Crippen molar-refractivity contribution < 1.29 is 18.0 Å². The summed E-state index contributed by atoms with van der Waals surface area (Å²) in [5.41, 5.74) is 1.42. The van der Waals surface area contributed by atoms with E-state index in [-0.39, 0.29) is 18.6 Å². The lowest BCUT2D eigenvalue weighted by Crippen LogP contribution is -2.45. The smallest absolute Gasteiger partial charge is 0.323 e. The van der Waals surface area contributed by atoms with Gasteiger partial charge in [-0.3, -0.25) is 9.97 Å². The lowest BCUT2D eigenvalue weighted by atomic mass is 10.0. The van der Waals surface area contributed by atoms with Crippen LogP contribution in [-0.4, -0.2) is 51.5 Å². The van der Waals surface area contributed by atoms with Crippen molar-refractivity contribution in [2.45, 2.75) is 38.1 Å². The molecule has 2 aliphatic heterocycles. The molecule has 2 aromatic heterocycles. The summed E-state index contributed by atoms with van der Waals surface area (Å²) in [6.07, 6.45) is 1.28. The van der Waals surface area contributed by atoms with Crippen LogP contribution in [0.15, 0.2) is 36.8 Å². The number of pyridine rings is 2. The number of aromatic nitrogens is 2. The first-order valence-electron chi connectivity index (χ1n) is 9.61. The van der Waals surface area contributed by atoms with E-state index in [0.717, 1.165) is 24.2 Å². The SMILES string of the molecule is O=C(N1CCc2ncc(C(F)(F)F)cc2C1)N1CCC(NCc2cccnc2)C1. The largest absolute Gasteiger partial charge is 0.417 e. The highest BCUT2D eigenvalue weighted by Crippen LogP contribution is 2.31. The van der Waals surface area contributed by atoms with Crippen LogP contribution in [-0.2, 0) is 25.7 Å². The zero-order valence-electron chi connectivity index (χ0n) is 15.8. The molecule has 2 aromatic rings. The zero-order valence-corrected chi connectivity index (χ0v) is 15.8. The van der Waals surface area contributed by atoms with E-state index in [2.05, 4.69) is 15.3 Å². The second-order valence-corrected chi connectivity index (χ2v) is 7.46. The molecule has 0 aromatic carbocycles. The van der Waals surface area contributed by atoms with Gasteiger partial charge in [0, 0.05) is 69.5 Å². The van der Waals surface area contributed by atoms with Crippen LogP contribution in [0.4, 0.5) is 18.0 Å². The van der Waals surface area contributed by atoms with Gasteiger partial charge in [0.15, 0.2) is 0 Å². The molecule has 6 nitrogen and oxygen atoms in total. The molecule has 4 rings (SSSR count). The van der Waals surface area contributed by atoms with Gasteiger partial charge in [-0.15, -0.1) is 0 Å². The molecule has 2 amide bonds. The van der Waals surface area contributed by atoms with Crippen molar-refractivity contribution in [3.63, 3.8) is 0 Å². The number of fused-ring (bicyclic) bond motifs is 1. The number of urea groups is 1. The number of amides is 2. The summed E-state index contributed by atoms with van der Waals surface area (Å²) >= 11 is 0. The van der Waals surface area contributed by atoms with Crippen LogP contribution < -0.4 is 5.32 Å². The third kappa shape index (κ3) is 4.50. The summed E-state index contributed by atoms with van der Waals surface area (Å²) in [5.74, 6) is 0. The van der Waals surface area contributed by atoms with Crippen molar-refractivity contribution in [2.24, 2.45) is 0 Å². The number of likely N-dealkylation sites (tertiary alicyclic amines) is 1. The van der Waals surface area contributed by atoms with E-state index in [1.165, 1.54) is 0 Å². The Labute approximate surface area is 166 Å². The number of hydrogen-bond donors (Lipinski definition) is 1. The molecular formula is C20H22F3N5O. The van der Waals surface area contributed by atoms with Gasteiger partial charge in [0.05, 0.1) is 5.56 Å². The first-order chi connectivity index (χ1) is 13.9. The average molecular weight is 405 g/mol. The summed E-state index contributed by atoms with van der Waals surface area (Å²) in [4.78, 5) is 24.3. The van der Waals surface area contributed by atoms with Crippen molar-refractivity contribution >= 4 is 6.03 Å². The van der Waals surface area contributed by atoms with Crippen molar-refractivity contribution in [2.75, 3.05) is 19.6 Å². The Hall–Kier alpha value is -2.68. The number of rotatable bonds is 3. The number of hydrogen-bond acceptors (Lipinski definition) is 4. The Balaban J connectivity index is 1.35. The second-order valence-electron chi connectivity index (χ2n) is 7.46. The van der Waals surface area contributed by atoms with Gasteiger partial charge in [-0.25, -0.2) is 4.79 Å². The molecule has 1 unspecified atom stereocenters. The number of nitrogens with one attached hydrogen (secondary N) is 1. The highest BCUT2D eigenvalue weighted by atomic mass is 19.4. The lowest BCUT2D eigenvalue weighted by Gasteiger charge is -2.32. The van der Waals surface area contributed by atoms with Gasteiger partial charge in [0.25, 0.3) is 0 Å². The molecule has 0 aliphatic carbocycles. The van der Waals surface area contributed by atoms with Crippen LogP contribution >= 0.6 is 0 Å². The number of carbonyl (C=O) groups is 1. The van der Waals surface area contributed by atoms with Crippen molar-refractivity contribution in [3.05, 3.63) is 59.2 Å². The number of alkyl halides is 3. The second kappa shape index (κ2) is 7.98. The van der Waals surface area contributed by atoms with Gasteiger partial charge in [-0.2, -0.15) is 13.2 Å². The maximum absolute atomic E-state index is 13.0. The highest BCUT2D eigenvalue weighted by molar-refractivity contribution is 5.75. The average Bonchev–Trinajstić information content (AvgIpc) is 3.20. The molecule has 29 heavy (non-hydrogen) atoms. The highest BCUT2D eigenvalue weighted by Gasteiger charge is 2.34. The Kier molecular flexibility index (Phi) is 5.40. The molecule has 2 aliphatic rings. The van der Waals surface area contributed by atoms with Crippen molar-refractivity contribution in [1.29, 1.82) is 0 Å². The van der Waals surface area contributed by atoms with Gasteiger partial charge >= 0.3 is 12.2 Å². The van der Waals surface area contributed by atoms with Crippen molar-refractivity contribution in [3.8, 4) is 0 Å². The molecule has 0 bridgehead atoms. The predicted octanol–water partition coefficient (Wildman–Crippen LogP) is 2.84. The minimum Gasteiger partial charge on any atom is -0.323 e. The molecule has 0 spiro atoms. The monoisotopic (exact) mass is 405 g/mol. The standard InChI is InChI=1S/C20H22F3N5O/c21-20(22,23)16-8-15-12-27(7-4-18(15)26-11-16)19(29)28-6-3-17(13-28)25-10-14-2-1-5-24-9-14/h1-2,5,8-9,11,17,25H,3-4,6-7,10,12-13H2. The summed E-state index contributed by atoms with van der Waals surface area (Å²) in [6, 6.07) is 5.05. The molecule has 0 saturated carbocycles. The fourth-order valence-corrected chi connectivity index (χ4v) is 3.81. The zero-order chi connectivity index (χ0) is 20.4. The van der Waals surface area contributed by atoms with E-state index < -0.39 is 11.7 Å². The molecule has 1 saturated heterocycles. The Morgan fingerprint density at radius 3 is 2.86 bits per heavy atom. The van der Waals surface area contributed by atoms with Gasteiger partial charge in [-0.05, 0) is 29.7 Å². The maximum atomic E-state index is 13.0. The normalized spacial score (nSPS) is 19.3. The lowest BCUT2D eigenvalue weighted by molar-refractivity contribution is -0.137. The molecule has 0 radical (unpaired) electrons. The summed E-state index contributed by atoms with van der Waals surface area (Å²) in [7, 11) is 0. The molecular weight excluding hydrogens is 383 g/mol. The fourth-order valence-electron chi connectivity index (χ4n) is 3.81. The quantitative estimate of drug-likeness (QED) is 0.853. The molecule has 154 valence electrons. The van der Waals surface area contributed by atoms with E-state index in [1.54, 1.807) is 22.2 Å². The van der Waals surface area contributed by atoms with Crippen LogP contribution in [0.2, 0.25) is 0 Å². The Morgan fingerprint density at radius 2 is 2.10 bits per heavy atom. The van der Waals surface area contributed by atoms with E-state index in [1.807, 2.05) is 12.1 Å². The molecule has 1 N–H and O–H groups in total. The topological polar surface area (TPSA) is 61.4 Å². The number of nitrogens with zero attached hydrogens (tertiary/aromatic N) is 4. The summed E-state index contributed by atoms with van der Waals surface area (Å²) in [6.45, 7) is 2.53. The summed E-state index contributed by atoms with van der Waals surface area (Å²) < 4.78 is 38.9. The van der Waals surface area contributed by atoms with Gasteiger partial charge < -0.3 is 15.1 Å².